The Morgan fingerprint density at radius 2 is 1.48 bits per heavy atom. The molecule has 0 radical (unpaired) electrons. The summed E-state index contributed by atoms with van der Waals surface area (Å²) >= 11 is 0. The number of benzene rings is 1. The van der Waals surface area contributed by atoms with Gasteiger partial charge in [0, 0.05) is 6.54 Å². The first-order valence-corrected chi connectivity index (χ1v) is 6.24. The Labute approximate surface area is 116 Å². The molecular weight excluding hydrogens is 297 g/mol. The van der Waals surface area contributed by atoms with E-state index in [1.54, 1.807) is 0 Å². The molecule has 3 nitrogen and oxygen atoms in total. The number of halogens is 5. The molecule has 1 fully saturated rings. The van der Waals surface area contributed by atoms with Crippen molar-refractivity contribution in [1.82, 2.24) is 0 Å². The average molecular weight is 309 g/mol. The fourth-order valence-corrected chi connectivity index (χ4v) is 2.45. The summed E-state index contributed by atoms with van der Waals surface area (Å²) in [5.74, 6) is -11.3. The first kappa shape index (κ1) is 15.5. The lowest BCUT2D eigenvalue weighted by molar-refractivity contribution is -0.141. The van der Waals surface area contributed by atoms with Gasteiger partial charge < -0.3 is 10.4 Å². The van der Waals surface area contributed by atoms with Crippen molar-refractivity contribution in [3.8, 4) is 0 Å². The van der Waals surface area contributed by atoms with E-state index in [0.717, 1.165) is 6.42 Å². The molecule has 0 aromatic heterocycles. The summed E-state index contributed by atoms with van der Waals surface area (Å²) in [7, 11) is 0. The molecule has 0 bridgehead atoms. The Balaban J connectivity index is 2.22. The normalized spacial score (nSPS) is 16.4. The lowest BCUT2D eigenvalue weighted by atomic mass is 9.66. The van der Waals surface area contributed by atoms with Gasteiger partial charge in [0.05, 0.1) is 6.42 Å². The lowest BCUT2D eigenvalue weighted by Gasteiger charge is -2.41. The van der Waals surface area contributed by atoms with Crippen LogP contribution in [0.5, 0.6) is 0 Å². The topological polar surface area (TPSA) is 49.3 Å². The lowest BCUT2D eigenvalue weighted by Crippen LogP contribution is -2.39. The Morgan fingerprint density at radius 1 is 1.00 bits per heavy atom. The van der Waals surface area contributed by atoms with E-state index in [1.807, 2.05) is 0 Å². The maximum absolute atomic E-state index is 13.5. The van der Waals surface area contributed by atoms with Crippen molar-refractivity contribution in [2.24, 2.45) is 5.41 Å². The summed E-state index contributed by atoms with van der Waals surface area (Å²) in [5.41, 5.74) is -1.84. The SMILES string of the molecule is O=C(O)CC1(CNc2c(F)c(F)c(F)c(F)c2F)CCC1. The van der Waals surface area contributed by atoms with E-state index >= 15 is 0 Å². The van der Waals surface area contributed by atoms with E-state index in [9.17, 15) is 26.7 Å². The fraction of sp³-hybridized carbons (Fsp3) is 0.462. The Morgan fingerprint density at radius 3 is 1.86 bits per heavy atom. The maximum atomic E-state index is 13.5. The quantitative estimate of drug-likeness (QED) is 0.498. The van der Waals surface area contributed by atoms with Gasteiger partial charge in [-0.05, 0) is 18.3 Å². The zero-order chi connectivity index (χ0) is 15.8. The van der Waals surface area contributed by atoms with Gasteiger partial charge in [-0.3, -0.25) is 4.79 Å². The summed E-state index contributed by atoms with van der Waals surface area (Å²) in [6.45, 7) is -0.169. The van der Waals surface area contributed by atoms with Gasteiger partial charge in [-0.25, -0.2) is 22.0 Å². The number of carboxylic acids is 1. The van der Waals surface area contributed by atoms with Crippen LogP contribution in [-0.4, -0.2) is 17.6 Å². The molecule has 0 amide bonds. The van der Waals surface area contributed by atoms with Gasteiger partial charge in [-0.1, -0.05) is 6.42 Å². The number of nitrogens with one attached hydrogen (secondary N) is 1. The molecule has 1 aliphatic carbocycles. The molecular formula is C13H12F5NO2. The van der Waals surface area contributed by atoms with Crippen LogP contribution >= 0.6 is 0 Å². The third kappa shape index (κ3) is 2.79. The zero-order valence-corrected chi connectivity index (χ0v) is 10.8. The molecule has 1 saturated carbocycles. The molecule has 1 aliphatic rings. The van der Waals surface area contributed by atoms with E-state index in [-0.39, 0.29) is 13.0 Å². The molecule has 2 N–H and O–H groups in total. The third-order valence-corrected chi connectivity index (χ3v) is 3.79. The minimum absolute atomic E-state index is 0.169. The van der Waals surface area contributed by atoms with Crippen molar-refractivity contribution in [3.05, 3.63) is 29.1 Å². The average Bonchev–Trinajstić information content (AvgIpc) is 2.39. The molecule has 0 spiro atoms. The number of hydrogen-bond donors (Lipinski definition) is 2. The highest BCUT2D eigenvalue weighted by atomic mass is 19.2. The van der Waals surface area contributed by atoms with Gasteiger partial charge in [-0.2, -0.15) is 0 Å². The van der Waals surface area contributed by atoms with Gasteiger partial charge in [0.2, 0.25) is 5.82 Å². The van der Waals surface area contributed by atoms with Crippen LogP contribution in [-0.2, 0) is 4.79 Å². The summed E-state index contributed by atoms with van der Waals surface area (Å²) in [6, 6.07) is 0. The largest absolute Gasteiger partial charge is 0.481 e. The first-order valence-electron chi connectivity index (χ1n) is 6.24. The number of carbonyl (C=O) groups is 1. The Bertz CT molecular complexity index is 557. The summed E-state index contributed by atoms with van der Waals surface area (Å²) in [6.07, 6.45) is 1.56. The van der Waals surface area contributed by atoms with Crippen molar-refractivity contribution >= 4 is 11.7 Å². The van der Waals surface area contributed by atoms with Crippen LogP contribution in [0, 0.1) is 34.5 Å². The number of hydrogen-bond acceptors (Lipinski definition) is 2. The molecule has 0 saturated heterocycles. The minimum atomic E-state index is -2.22. The number of carboxylic acid groups (broad SMARTS) is 1. The second kappa shape index (κ2) is 5.50. The zero-order valence-electron chi connectivity index (χ0n) is 10.8. The van der Waals surface area contributed by atoms with Crippen molar-refractivity contribution in [2.45, 2.75) is 25.7 Å². The molecule has 21 heavy (non-hydrogen) atoms. The standard InChI is InChI=1S/C13H12F5NO2/c14-7-8(15)10(17)12(11(18)9(7)16)19-5-13(2-1-3-13)4-6(20)21/h19H,1-5H2,(H,20,21). The van der Waals surface area contributed by atoms with E-state index in [1.165, 1.54) is 0 Å². The molecule has 0 aliphatic heterocycles. The molecule has 0 atom stereocenters. The van der Waals surface area contributed by atoms with E-state index < -0.39 is 46.2 Å². The van der Waals surface area contributed by atoms with E-state index in [2.05, 4.69) is 5.32 Å². The van der Waals surface area contributed by atoms with Crippen molar-refractivity contribution in [3.63, 3.8) is 0 Å². The van der Waals surface area contributed by atoms with Crippen molar-refractivity contribution in [1.29, 1.82) is 0 Å². The predicted octanol–water partition coefficient (Wildman–Crippen LogP) is 3.44. The van der Waals surface area contributed by atoms with E-state index in [4.69, 9.17) is 5.11 Å². The molecule has 0 unspecified atom stereocenters. The summed E-state index contributed by atoms with van der Waals surface area (Å²) < 4.78 is 65.9. The number of aliphatic carboxylic acids is 1. The van der Waals surface area contributed by atoms with Crippen LogP contribution in [0.4, 0.5) is 27.6 Å². The van der Waals surface area contributed by atoms with Gasteiger partial charge in [-0.15, -0.1) is 0 Å². The van der Waals surface area contributed by atoms with Crippen molar-refractivity contribution in [2.75, 3.05) is 11.9 Å². The Kier molecular flexibility index (Phi) is 4.06. The van der Waals surface area contributed by atoms with Crippen LogP contribution < -0.4 is 5.32 Å². The summed E-state index contributed by atoms with van der Waals surface area (Å²) in [4.78, 5) is 10.8. The van der Waals surface area contributed by atoms with Crippen LogP contribution in [0.1, 0.15) is 25.7 Å². The van der Waals surface area contributed by atoms with Gasteiger partial charge in [0.15, 0.2) is 23.3 Å². The van der Waals surface area contributed by atoms with Gasteiger partial charge >= 0.3 is 5.97 Å². The molecule has 0 heterocycles. The number of rotatable bonds is 5. The van der Waals surface area contributed by atoms with Gasteiger partial charge in [0.25, 0.3) is 0 Å². The molecule has 116 valence electrons. The Hall–Kier alpha value is -1.86. The smallest absolute Gasteiger partial charge is 0.303 e. The minimum Gasteiger partial charge on any atom is -0.481 e. The highest BCUT2D eigenvalue weighted by Gasteiger charge is 2.39. The fourth-order valence-electron chi connectivity index (χ4n) is 2.45. The second-order valence-corrected chi connectivity index (χ2v) is 5.22. The monoisotopic (exact) mass is 309 g/mol. The maximum Gasteiger partial charge on any atom is 0.303 e. The highest BCUT2D eigenvalue weighted by Crippen LogP contribution is 2.44. The van der Waals surface area contributed by atoms with Crippen molar-refractivity contribution < 1.29 is 31.9 Å². The van der Waals surface area contributed by atoms with Gasteiger partial charge in [0.1, 0.15) is 5.69 Å². The predicted molar refractivity (Wildman–Crippen MR) is 63.3 cm³/mol. The van der Waals surface area contributed by atoms with Crippen LogP contribution in [0.15, 0.2) is 0 Å². The first-order chi connectivity index (χ1) is 9.77. The third-order valence-electron chi connectivity index (χ3n) is 3.79. The number of anilines is 1. The molecule has 1 aromatic carbocycles. The second-order valence-electron chi connectivity index (χ2n) is 5.22. The van der Waals surface area contributed by atoms with Crippen LogP contribution in [0.3, 0.4) is 0 Å². The van der Waals surface area contributed by atoms with E-state index in [0.29, 0.717) is 12.8 Å². The summed E-state index contributed by atoms with van der Waals surface area (Å²) in [5, 5.41) is 11.0. The molecule has 2 rings (SSSR count). The van der Waals surface area contributed by atoms with Crippen LogP contribution in [0.25, 0.3) is 0 Å². The highest BCUT2D eigenvalue weighted by molar-refractivity contribution is 5.68. The molecule has 1 aromatic rings. The van der Waals surface area contributed by atoms with Crippen LogP contribution in [0.2, 0.25) is 0 Å². The molecule has 8 heteroatoms.